The molecule has 0 spiro atoms. The molecule has 9 heteroatoms. The van der Waals surface area contributed by atoms with Crippen molar-refractivity contribution >= 4 is 26.8 Å². The molecule has 3 rings (SSSR count). The summed E-state index contributed by atoms with van der Waals surface area (Å²) in [5.74, 6) is -0.730. The van der Waals surface area contributed by atoms with Gasteiger partial charge in [0.2, 0.25) is 10.0 Å². The predicted octanol–water partition coefficient (Wildman–Crippen LogP) is 0.0519. The number of fused-ring (bicyclic) bond motifs is 1. The number of β-amino-alcohol motifs (C(OH)–C–C–N with tert-alkyl or cyclic N) is 1. The van der Waals surface area contributed by atoms with E-state index in [1.165, 1.54) is 17.0 Å². The number of nitrogens with zero attached hydrogens (tertiary/aromatic N) is 2. The van der Waals surface area contributed by atoms with E-state index in [2.05, 4.69) is 4.72 Å². The summed E-state index contributed by atoms with van der Waals surface area (Å²) in [4.78, 5) is 14.1. The fraction of sp³-hybridized carbons (Fsp3) is 0.400. The molecule has 24 heavy (non-hydrogen) atoms. The SMILES string of the molecule is Cn1c(C(=O)N2C[C@@H](O)[C@H](NS(C)(=O)=O)C2)cc2cc(F)ccc21. The molecule has 2 N–H and O–H groups in total. The standard InChI is InChI=1S/C15H18FN3O4S/c1-18-12-4-3-10(16)5-9(12)6-13(18)15(21)19-7-11(14(20)8-19)17-24(2,22)23/h3-6,11,14,17,20H,7-8H2,1-2H3/t11-,14-/m1/s1. The van der Waals surface area contributed by atoms with E-state index in [4.69, 9.17) is 0 Å². The minimum Gasteiger partial charge on any atom is -0.390 e. The highest BCUT2D eigenvalue weighted by Gasteiger charge is 2.36. The molecule has 1 saturated heterocycles. The Bertz CT molecular complexity index is 909. The van der Waals surface area contributed by atoms with Gasteiger partial charge in [0.15, 0.2) is 0 Å². The molecule has 7 nitrogen and oxygen atoms in total. The minimum absolute atomic E-state index is 0.0297. The van der Waals surface area contributed by atoms with Crippen molar-refractivity contribution in [2.24, 2.45) is 7.05 Å². The monoisotopic (exact) mass is 355 g/mol. The number of amides is 1. The summed E-state index contributed by atoms with van der Waals surface area (Å²) in [6.07, 6.45) is 0.0265. The third-order valence-electron chi connectivity index (χ3n) is 4.17. The van der Waals surface area contributed by atoms with Crippen molar-refractivity contribution in [2.45, 2.75) is 12.1 Å². The summed E-state index contributed by atoms with van der Waals surface area (Å²) >= 11 is 0. The number of carbonyl (C=O) groups is 1. The van der Waals surface area contributed by atoms with Crippen LogP contribution in [-0.4, -0.2) is 60.4 Å². The van der Waals surface area contributed by atoms with Crippen molar-refractivity contribution in [3.05, 3.63) is 35.8 Å². The Labute approximate surface area is 138 Å². The van der Waals surface area contributed by atoms with Crippen LogP contribution in [0.2, 0.25) is 0 Å². The first-order chi connectivity index (χ1) is 11.2. The van der Waals surface area contributed by atoms with E-state index >= 15 is 0 Å². The summed E-state index contributed by atoms with van der Waals surface area (Å²) in [5, 5.41) is 10.6. The fourth-order valence-corrected chi connectivity index (χ4v) is 3.81. The van der Waals surface area contributed by atoms with Crippen molar-refractivity contribution in [1.82, 2.24) is 14.2 Å². The molecular formula is C15H18FN3O4S. The van der Waals surface area contributed by atoms with Gasteiger partial charge in [-0.2, -0.15) is 0 Å². The smallest absolute Gasteiger partial charge is 0.270 e. The Morgan fingerprint density at radius 3 is 2.71 bits per heavy atom. The van der Waals surface area contributed by atoms with Gasteiger partial charge in [-0.25, -0.2) is 17.5 Å². The lowest BCUT2D eigenvalue weighted by Crippen LogP contribution is -2.42. The van der Waals surface area contributed by atoms with E-state index in [0.717, 1.165) is 6.26 Å². The Hall–Kier alpha value is -1.97. The zero-order valence-corrected chi connectivity index (χ0v) is 14.0. The second kappa shape index (κ2) is 5.83. The lowest BCUT2D eigenvalue weighted by Gasteiger charge is -2.16. The lowest BCUT2D eigenvalue weighted by atomic mass is 10.2. The average Bonchev–Trinajstić information content (AvgIpc) is 2.98. The number of rotatable bonds is 3. The van der Waals surface area contributed by atoms with E-state index in [1.54, 1.807) is 23.7 Å². The molecule has 0 bridgehead atoms. The van der Waals surface area contributed by atoms with Crippen molar-refractivity contribution in [3.63, 3.8) is 0 Å². The number of nitrogens with one attached hydrogen (secondary N) is 1. The molecule has 1 aromatic carbocycles. The van der Waals surface area contributed by atoms with Crippen LogP contribution in [0.25, 0.3) is 10.9 Å². The normalized spacial score (nSPS) is 21.6. The van der Waals surface area contributed by atoms with Gasteiger partial charge in [0, 0.05) is 31.0 Å². The molecule has 0 unspecified atom stereocenters. The molecule has 2 aromatic rings. The fourth-order valence-electron chi connectivity index (χ4n) is 3.03. The number of sulfonamides is 1. The van der Waals surface area contributed by atoms with E-state index in [1.807, 2.05) is 0 Å². The van der Waals surface area contributed by atoms with Gasteiger partial charge in [0.1, 0.15) is 11.5 Å². The topological polar surface area (TPSA) is 91.6 Å². The third-order valence-corrected chi connectivity index (χ3v) is 4.90. The number of benzene rings is 1. The minimum atomic E-state index is -3.48. The largest absolute Gasteiger partial charge is 0.390 e. The van der Waals surface area contributed by atoms with Crippen LogP contribution in [0, 0.1) is 5.82 Å². The van der Waals surface area contributed by atoms with Crippen LogP contribution in [0.5, 0.6) is 0 Å². The summed E-state index contributed by atoms with van der Waals surface area (Å²) in [7, 11) is -1.78. The van der Waals surface area contributed by atoms with Crippen LogP contribution in [0.15, 0.2) is 24.3 Å². The summed E-state index contributed by atoms with van der Waals surface area (Å²) < 4.78 is 40.0. The molecular weight excluding hydrogens is 337 g/mol. The Kier molecular flexibility index (Phi) is 4.10. The van der Waals surface area contributed by atoms with E-state index in [9.17, 15) is 22.7 Å². The van der Waals surface area contributed by atoms with Crippen LogP contribution < -0.4 is 4.72 Å². The van der Waals surface area contributed by atoms with Crippen molar-refractivity contribution in [1.29, 1.82) is 0 Å². The first-order valence-electron chi connectivity index (χ1n) is 7.35. The van der Waals surface area contributed by atoms with Gasteiger partial charge in [0.05, 0.1) is 18.4 Å². The maximum absolute atomic E-state index is 13.3. The first-order valence-corrected chi connectivity index (χ1v) is 9.24. The third kappa shape index (κ3) is 3.14. The number of halogens is 1. The Morgan fingerprint density at radius 1 is 1.33 bits per heavy atom. The predicted molar refractivity (Wildman–Crippen MR) is 86.6 cm³/mol. The zero-order valence-electron chi connectivity index (χ0n) is 13.2. The van der Waals surface area contributed by atoms with Gasteiger partial charge in [0.25, 0.3) is 5.91 Å². The number of hydrogen-bond acceptors (Lipinski definition) is 4. The van der Waals surface area contributed by atoms with Crippen molar-refractivity contribution in [2.75, 3.05) is 19.3 Å². The van der Waals surface area contributed by atoms with E-state index < -0.39 is 22.2 Å². The molecule has 0 aliphatic carbocycles. The van der Waals surface area contributed by atoms with Gasteiger partial charge >= 0.3 is 0 Å². The summed E-state index contributed by atoms with van der Waals surface area (Å²) in [6.45, 7) is 0.102. The van der Waals surface area contributed by atoms with Crippen LogP contribution >= 0.6 is 0 Å². The highest BCUT2D eigenvalue weighted by molar-refractivity contribution is 7.88. The molecule has 0 radical (unpaired) electrons. The molecule has 1 fully saturated rings. The van der Waals surface area contributed by atoms with E-state index in [0.29, 0.717) is 16.6 Å². The number of aryl methyl sites for hydroxylation is 1. The number of carbonyl (C=O) groups excluding carboxylic acids is 1. The molecule has 2 atom stereocenters. The van der Waals surface area contributed by atoms with Gasteiger partial charge in [-0.15, -0.1) is 0 Å². The number of aromatic nitrogens is 1. The van der Waals surface area contributed by atoms with Crippen molar-refractivity contribution < 1.29 is 22.7 Å². The summed E-state index contributed by atoms with van der Waals surface area (Å²) in [5.41, 5.74) is 1.06. The zero-order chi connectivity index (χ0) is 17.6. The second-order valence-electron chi connectivity index (χ2n) is 6.07. The summed E-state index contributed by atoms with van der Waals surface area (Å²) in [6, 6.07) is 5.11. The number of hydrogen-bond donors (Lipinski definition) is 2. The molecule has 1 aromatic heterocycles. The number of likely N-dealkylation sites (tertiary alicyclic amines) is 1. The van der Waals surface area contributed by atoms with Gasteiger partial charge in [-0.3, -0.25) is 4.79 Å². The molecule has 1 aliphatic rings. The first kappa shape index (κ1) is 16.9. The number of aliphatic hydroxyl groups is 1. The molecule has 130 valence electrons. The van der Waals surface area contributed by atoms with Gasteiger partial charge in [-0.05, 0) is 24.3 Å². The second-order valence-corrected chi connectivity index (χ2v) is 7.85. The molecule has 1 aliphatic heterocycles. The highest BCUT2D eigenvalue weighted by atomic mass is 32.2. The van der Waals surface area contributed by atoms with Crippen LogP contribution in [0.3, 0.4) is 0 Å². The van der Waals surface area contributed by atoms with Crippen molar-refractivity contribution in [3.8, 4) is 0 Å². The quantitative estimate of drug-likeness (QED) is 0.814. The van der Waals surface area contributed by atoms with E-state index in [-0.39, 0.29) is 24.8 Å². The average molecular weight is 355 g/mol. The highest BCUT2D eigenvalue weighted by Crippen LogP contribution is 2.22. The molecule has 2 heterocycles. The maximum Gasteiger partial charge on any atom is 0.270 e. The van der Waals surface area contributed by atoms with Crippen LogP contribution in [0.4, 0.5) is 4.39 Å². The number of aliphatic hydroxyl groups excluding tert-OH is 1. The lowest BCUT2D eigenvalue weighted by molar-refractivity contribution is 0.0756. The maximum atomic E-state index is 13.3. The molecule has 1 amide bonds. The Balaban J connectivity index is 1.86. The van der Waals surface area contributed by atoms with Gasteiger partial charge < -0.3 is 14.6 Å². The Morgan fingerprint density at radius 2 is 2.04 bits per heavy atom. The van der Waals surface area contributed by atoms with Gasteiger partial charge in [-0.1, -0.05) is 0 Å². The molecule has 0 saturated carbocycles. The van der Waals surface area contributed by atoms with Crippen LogP contribution in [0.1, 0.15) is 10.5 Å². The van der Waals surface area contributed by atoms with Crippen LogP contribution in [-0.2, 0) is 17.1 Å².